The summed E-state index contributed by atoms with van der Waals surface area (Å²) in [6.07, 6.45) is 0. The van der Waals surface area contributed by atoms with Gasteiger partial charge in [-0.05, 0) is 0 Å². The van der Waals surface area contributed by atoms with Crippen molar-refractivity contribution in [1.29, 1.82) is 0 Å². The summed E-state index contributed by atoms with van der Waals surface area (Å²) in [6.45, 7) is 0.569. The van der Waals surface area contributed by atoms with Gasteiger partial charge in [0, 0.05) is 5.75 Å². The molecule has 0 aliphatic carbocycles. The van der Waals surface area contributed by atoms with Gasteiger partial charge in [-0.25, -0.2) is 9.56 Å². The molecule has 0 amide bonds. The van der Waals surface area contributed by atoms with Crippen LogP contribution < -0.4 is 0 Å². The van der Waals surface area contributed by atoms with E-state index in [4.69, 9.17) is 9.79 Å². The summed E-state index contributed by atoms with van der Waals surface area (Å²) >= 11 is 1.20. The fourth-order valence-corrected chi connectivity index (χ4v) is 1.78. The Balaban J connectivity index is 0.000001000. The Hall–Kier alpha value is 0.970. The maximum atomic E-state index is 10.2. The van der Waals surface area contributed by atoms with Crippen molar-refractivity contribution in [3.8, 4) is 0 Å². The number of rotatable bonds is 1. The Labute approximate surface area is 90.1 Å². The molecule has 2 N–H and O–H groups in total. The van der Waals surface area contributed by atoms with Crippen LogP contribution in [0.25, 0.3) is 0 Å². The molecule has 0 saturated carbocycles. The van der Waals surface area contributed by atoms with E-state index in [2.05, 4.69) is 9.52 Å². The second-order valence-corrected chi connectivity index (χ2v) is 3.79. The SMILES string of the molecule is O=P(O)(O)OC1=NCCS1.[NaH]. The Morgan fingerprint density at radius 1 is 1.64 bits per heavy atom. The zero-order valence-corrected chi connectivity index (χ0v) is 6.64. The molecular weight excluding hydrogens is 200 g/mol. The molecular formula is C3H7NNaO4PS. The van der Waals surface area contributed by atoms with Gasteiger partial charge in [0.25, 0.3) is 5.23 Å². The average molecular weight is 207 g/mol. The molecule has 1 aliphatic heterocycles. The third kappa shape index (κ3) is 5.25. The first-order chi connectivity index (χ1) is 4.58. The molecule has 0 bridgehead atoms. The minimum absolute atomic E-state index is 0. The van der Waals surface area contributed by atoms with Crippen LogP contribution in [0.5, 0.6) is 0 Å². The molecule has 1 heterocycles. The predicted molar refractivity (Wildman–Crippen MR) is 45.0 cm³/mol. The van der Waals surface area contributed by atoms with Crippen LogP contribution in [0.15, 0.2) is 4.99 Å². The van der Waals surface area contributed by atoms with Crippen molar-refractivity contribution in [2.24, 2.45) is 4.99 Å². The quantitative estimate of drug-likeness (QED) is 0.449. The van der Waals surface area contributed by atoms with Crippen LogP contribution in [0.4, 0.5) is 0 Å². The van der Waals surface area contributed by atoms with Crippen molar-refractivity contribution < 1.29 is 18.9 Å². The van der Waals surface area contributed by atoms with E-state index in [1.165, 1.54) is 11.8 Å². The van der Waals surface area contributed by atoms with Crippen molar-refractivity contribution in [2.45, 2.75) is 0 Å². The molecule has 0 unspecified atom stereocenters. The van der Waals surface area contributed by atoms with Crippen LogP contribution in [-0.2, 0) is 9.09 Å². The summed E-state index contributed by atoms with van der Waals surface area (Å²) in [5, 5.41) is 0.0910. The topological polar surface area (TPSA) is 79.1 Å². The molecule has 1 rings (SSSR count). The molecule has 60 valence electrons. The normalized spacial score (nSPS) is 17.1. The number of phosphoric acid groups is 1. The third-order valence-corrected chi connectivity index (χ3v) is 2.14. The molecule has 0 radical (unpaired) electrons. The minimum atomic E-state index is -4.37. The van der Waals surface area contributed by atoms with Gasteiger partial charge in [-0.3, -0.25) is 9.79 Å². The van der Waals surface area contributed by atoms with Crippen molar-refractivity contribution in [2.75, 3.05) is 12.3 Å². The van der Waals surface area contributed by atoms with Gasteiger partial charge in [-0.2, -0.15) is 0 Å². The number of hydrogen-bond acceptors (Lipinski definition) is 4. The van der Waals surface area contributed by atoms with Gasteiger partial charge < -0.3 is 4.52 Å². The van der Waals surface area contributed by atoms with E-state index in [9.17, 15) is 4.57 Å². The van der Waals surface area contributed by atoms with Crippen LogP contribution in [0.2, 0.25) is 0 Å². The first kappa shape index (κ1) is 12.0. The number of aliphatic imine (C=N–C) groups is 1. The summed E-state index contributed by atoms with van der Waals surface area (Å²) in [5.74, 6) is 0.731. The molecule has 11 heavy (non-hydrogen) atoms. The first-order valence-corrected chi connectivity index (χ1v) is 5.02. The molecule has 0 fully saturated rings. The second-order valence-electron chi connectivity index (χ2n) is 1.58. The summed E-state index contributed by atoms with van der Waals surface area (Å²) in [5.41, 5.74) is 0. The second kappa shape index (κ2) is 4.87. The monoisotopic (exact) mass is 207 g/mol. The summed E-state index contributed by atoms with van der Waals surface area (Å²) in [7, 11) is -4.37. The maximum absolute atomic E-state index is 10.2. The fourth-order valence-electron chi connectivity index (χ4n) is 0.472. The van der Waals surface area contributed by atoms with Crippen LogP contribution in [0.3, 0.4) is 0 Å². The number of phosphoric ester groups is 1. The standard InChI is InChI=1S/C3H6NO4PS.Na.H/c5-9(6,7)8-3-4-1-2-10-3;;/h1-2H2,(H2,5,6,7);;. The Morgan fingerprint density at radius 3 is 2.64 bits per heavy atom. The van der Waals surface area contributed by atoms with E-state index in [0.29, 0.717) is 6.54 Å². The van der Waals surface area contributed by atoms with Gasteiger partial charge in [-0.1, -0.05) is 11.8 Å². The van der Waals surface area contributed by atoms with Crippen LogP contribution >= 0.6 is 19.6 Å². The average Bonchev–Trinajstić information content (AvgIpc) is 2.12. The third-order valence-electron chi connectivity index (χ3n) is 0.755. The van der Waals surface area contributed by atoms with Crippen LogP contribution in [0, 0.1) is 0 Å². The first-order valence-electron chi connectivity index (χ1n) is 2.50. The van der Waals surface area contributed by atoms with Crippen LogP contribution in [-0.4, -0.2) is 56.9 Å². The number of thioether (sulfide) groups is 1. The van der Waals surface area contributed by atoms with E-state index < -0.39 is 7.82 Å². The van der Waals surface area contributed by atoms with Crippen molar-refractivity contribution in [3.05, 3.63) is 0 Å². The summed E-state index contributed by atoms with van der Waals surface area (Å²) < 4.78 is 14.3. The number of nitrogens with zero attached hydrogens (tertiary/aromatic N) is 1. The molecule has 0 aromatic carbocycles. The van der Waals surface area contributed by atoms with Gasteiger partial charge in [-0.15, -0.1) is 0 Å². The summed E-state index contributed by atoms with van der Waals surface area (Å²) in [6, 6.07) is 0. The molecule has 0 spiro atoms. The Bertz CT molecular complexity index is 204. The molecule has 0 atom stereocenters. The molecule has 1 aliphatic rings. The molecule has 0 saturated heterocycles. The van der Waals surface area contributed by atoms with E-state index in [1.807, 2.05) is 0 Å². The van der Waals surface area contributed by atoms with Gasteiger partial charge >= 0.3 is 37.4 Å². The Morgan fingerprint density at radius 2 is 2.27 bits per heavy atom. The molecule has 0 aromatic heterocycles. The van der Waals surface area contributed by atoms with E-state index in [0.717, 1.165) is 5.75 Å². The van der Waals surface area contributed by atoms with Gasteiger partial charge in [0.2, 0.25) is 0 Å². The zero-order chi connectivity index (χ0) is 7.61. The molecule has 5 nitrogen and oxygen atoms in total. The van der Waals surface area contributed by atoms with Gasteiger partial charge in [0.05, 0.1) is 6.54 Å². The number of hydrogen-bond donors (Lipinski definition) is 2. The Kier molecular flexibility index (Phi) is 5.29. The van der Waals surface area contributed by atoms with E-state index in [-0.39, 0.29) is 34.8 Å². The summed E-state index contributed by atoms with van der Waals surface area (Å²) in [4.78, 5) is 20.2. The van der Waals surface area contributed by atoms with Gasteiger partial charge in [0.15, 0.2) is 0 Å². The van der Waals surface area contributed by atoms with E-state index >= 15 is 0 Å². The van der Waals surface area contributed by atoms with Gasteiger partial charge in [0.1, 0.15) is 0 Å². The van der Waals surface area contributed by atoms with Crippen molar-refractivity contribution in [3.63, 3.8) is 0 Å². The predicted octanol–water partition coefficient (Wildman–Crippen LogP) is -0.450. The zero-order valence-electron chi connectivity index (χ0n) is 4.93. The fraction of sp³-hybridized carbons (Fsp3) is 0.667. The van der Waals surface area contributed by atoms with E-state index in [1.54, 1.807) is 0 Å². The molecule has 0 aromatic rings. The van der Waals surface area contributed by atoms with Crippen LogP contribution in [0.1, 0.15) is 0 Å². The van der Waals surface area contributed by atoms with Crippen molar-refractivity contribution >= 4 is 54.4 Å². The van der Waals surface area contributed by atoms with Crippen molar-refractivity contribution in [1.82, 2.24) is 0 Å². The molecule has 8 heteroatoms.